The third-order valence-electron chi connectivity index (χ3n) is 2.07. The number of hydrogen-bond acceptors (Lipinski definition) is 4. The number of rotatable bonds is 5. The molecule has 0 heterocycles. The number of aliphatic carboxylic acids is 1. The number of methoxy groups -OCH3 is 1. The number of phenolic OH excluding ortho intramolecular Hbond substituents is 1. The lowest BCUT2D eigenvalue weighted by molar-refractivity contribution is -0.136. The Balaban J connectivity index is 2.70. The van der Waals surface area contributed by atoms with Crippen molar-refractivity contribution in [1.29, 1.82) is 0 Å². The topological polar surface area (TPSA) is 95.9 Å². The van der Waals surface area contributed by atoms with Crippen molar-refractivity contribution in [3.05, 3.63) is 23.8 Å². The molecule has 0 aromatic heterocycles. The van der Waals surface area contributed by atoms with Crippen molar-refractivity contribution >= 4 is 11.9 Å². The van der Waals surface area contributed by atoms with E-state index in [-0.39, 0.29) is 24.3 Å². The van der Waals surface area contributed by atoms with Gasteiger partial charge in [-0.25, -0.2) is 0 Å². The van der Waals surface area contributed by atoms with Gasteiger partial charge in [0.25, 0.3) is 5.91 Å². The highest BCUT2D eigenvalue weighted by Gasteiger charge is 2.12. The quantitative estimate of drug-likeness (QED) is 0.699. The second-order valence-electron chi connectivity index (χ2n) is 3.28. The molecule has 17 heavy (non-hydrogen) atoms. The first-order valence-electron chi connectivity index (χ1n) is 4.91. The highest BCUT2D eigenvalue weighted by molar-refractivity contribution is 5.97. The van der Waals surface area contributed by atoms with E-state index < -0.39 is 11.9 Å². The average Bonchev–Trinajstić information content (AvgIpc) is 2.29. The predicted molar refractivity (Wildman–Crippen MR) is 59.2 cm³/mol. The molecule has 0 atom stereocenters. The van der Waals surface area contributed by atoms with Gasteiger partial charge in [-0.3, -0.25) is 9.59 Å². The first-order valence-corrected chi connectivity index (χ1v) is 4.91. The molecular formula is C11H13NO5. The van der Waals surface area contributed by atoms with Crippen molar-refractivity contribution in [2.75, 3.05) is 13.7 Å². The van der Waals surface area contributed by atoms with Gasteiger partial charge in [-0.15, -0.1) is 0 Å². The molecule has 6 nitrogen and oxygen atoms in total. The van der Waals surface area contributed by atoms with Crippen molar-refractivity contribution in [1.82, 2.24) is 5.32 Å². The Morgan fingerprint density at radius 2 is 2.12 bits per heavy atom. The van der Waals surface area contributed by atoms with Gasteiger partial charge >= 0.3 is 5.97 Å². The molecule has 6 heteroatoms. The number of carbonyl (C=O) groups excluding carboxylic acids is 1. The summed E-state index contributed by atoms with van der Waals surface area (Å²) < 4.78 is 4.92. The predicted octanol–water partition coefficient (Wildman–Crippen LogP) is 0.605. The maximum Gasteiger partial charge on any atom is 0.305 e. The van der Waals surface area contributed by atoms with E-state index in [1.54, 1.807) is 0 Å². The zero-order chi connectivity index (χ0) is 12.8. The lowest BCUT2D eigenvalue weighted by atomic mass is 10.1. The molecule has 1 amide bonds. The van der Waals surface area contributed by atoms with Crippen LogP contribution in [0.3, 0.4) is 0 Å². The van der Waals surface area contributed by atoms with Crippen LogP contribution in [-0.2, 0) is 4.79 Å². The summed E-state index contributed by atoms with van der Waals surface area (Å²) in [5.74, 6) is -1.28. The van der Waals surface area contributed by atoms with E-state index in [4.69, 9.17) is 9.84 Å². The second kappa shape index (κ2) is 5.74. The monoisotopic (exact) mass is 239 g/mol. The molecule has 0 aliphatic heterocycles. The van der Waals surface area contributed by atoms with Crippen LogP contribution < -0.4 is 10.1 Å². The lowest BCUT2D eigenvalue weighted by Crippen LogP contribution is -2.26. The zero-order valence-corrected chi connectivity index (χ0v) is 9.27. The van der Waals surface area contributed by atoms with Gasteiger partial charge in [0.1, 0.15) is 11.5 Å². The molecule has 0 saturated heterocycles. The Bertz CT molecular complexity index is 430. The summed E-state index contributed by atoms with van der Waals surface area (Å²) in [6, 6.07) is 4.24. The summed E-state index contributed by atoms with van der Waals surface area (Å²) in [5.41, 5.74) is 0.0507. The van der Waals surface area contributed by atoms with Gasteiger partial charge in [0.05, 0.1) is 19.1 Å². The summed E-state index contributed by atoms with van der Waals surface area (Å²) in [4.78, 5) is 21.9. The summed E-state index contributed by atoms with van der Waals surface area (Å²) in [6.07, 6.45) is -0.170. The molecule has 92 valence electrons. The fourth-order valence-electron chi connectivity index (χ4n) is 1.20. The lowest BCUT2D eigenvalue weighted by Gasteiger charge is -2.07. The van der Waals surface area contributed by atoms with E-state index >= 15 is 0 Å². The number of aromatic hydroxyl groups is 1. The molecule has 0 aliphatic rings. The summed E-state index contributed by atoms with van der Waals surface area (Å²) >= 11 is 0. The minimum absolute atomic E-state index is 0.00478. The molecule has 0 aliphatic carbocycles. The van der Waals surface area contributed by atoms with Crippen LogP contribution >= 0.6 is 0 Å². The Morgan fingerprint density at radius 3 is 2.71 bits per heavy atom. The minimum Gasteiger partial charge on any atom is -0.507 e. The van der Waals surface area contributed by atoms with Crippen LogP contribution in [0.5, 0.6) is 11.5 Å². The van der Waals surface area contributed by atoms with E-state index in [1.165, 1.54) is 25.3 Å². The molecule has 0 unspecified atom stereocenters. The standard InChI is InChI=1S/C11H13NO5/c1-17-7-2-3-9(13)8(6-7)11(16)12-5-4-10(14)15/h2-3,6,13H,4-5H2,1H3,(H,12,16)(H,14,15). The summed E-state index contributed by atoms with van der Waals surface area (Å²) in [5, 5.41) is 20.3. The Hall–Kier alpha value is -2.24. The number of amides is 1. The number of phenols is 1. The zero-order valence-electron chi connectivity index (χ0n) is 9.27. The van der Waals surface area contributed by atoms with E-state index in [0.717, 1.165) is 0 Å². The smallest absolute Gasteiger partial charge is 0.305 e. The highest BCUT2D eigenvalue weighted by Crippen LogP contribution is 2.22. The maximum absolute atomic E-state index is 11.6. The minimum atomic E-state index is -1.000. The van der Waals surface area contributed by atoms with Gasteiger partial charge in [0, 0.05) is 6.54 Å². The molecule has 0 saturated carbocycles. The number of carbonyl (C=O) groups is 2. The first-order chi connectivity index (χ1) is 8.04. The van der Waals surface area contributed by atoms with Crippen molar-refractivity contribution in [3.63, 3.8) is 0 Å². The van der Waals surface area contributed by atoms with Gasteiger partial charge in [-0.2, -0.15) is 0 Å². The fraction of sp³-hybridized carbons (Fsp3) is 0.273. The Morgan fingerprint density at radius 1 is 1.41 bits per heavy atom. The van der Waals surface area contributed by atoms with Gasteiger partial charge in [0.15, 0.2) is 0 Å². The molecule has 3 N–H and O–H groups in total. The second-order valence-corrected chi connectivity index (χ2v) is 3.28. The van der Waals surface area contributed by atoms with Crippen LogP contribution in [0.4, 0.5) is 0 Å². The number of carboxylic acid groups (broad SMARTS) is 1. The van der Waals surface area contributed by atoms with Crippen LogP contribution in [0.1, 0.15) is 16.8 Å². The third-order valence-corrected chi connectivity index (χ3v) is 2.07. The molecular weight excluding hydrogens is 226 g/mol. The fourth-order valence-corrected chi connectivity index (χ4v) is 1.20. The highest BCUT2D eigenvalue weighted by atomic mass is 16.5. The van der Waals surface area contributed by atoms with Crippen molar-refractivity contribution in [3.8, 4) is 11.5 Å². The number of carboxylic acids is 1. The van der Waals surface area contributed by atoms with E-state index in [1.807, 2.05) is 0 Å². The SMILES string of the molecule is COc1ccc(O)c(C(=O)NCCC(=O)O)c1. The molecule has 0 fully saturated rings. The van der Waals surface area contributed by atoms with Gasteiger partial charge in [0.2, 0.25) is 0 Å². The van der Waals surface area contributed by atoms with Gasteiger partial charge < -0.3 is 20.3 Å². The van der Waals surface area contributed by atoms with Crippen LogP contribution in [-0.4, -0.2) is 35.7 Å². The average molecular weight is 239 g/mol. The molecule has 0 bridgehead atoms. The van der Waals surface area contributed by atoms with Crippen LogP contribution in [0.15, 0.2) is 18.2 Å². The van der Waals surface area contributed by atoms with E-state index in [2.05, 4.69) is 5.32 Å². The van der Waals surface area contributed by atoms with Crippen molar-refractivity contribution in [2.45, 2.75) is 6.42 Å². The van der Waals surface area contributed by atoms with Crippen LogP contribution in [0.25, 0.3) is 0 Å². The number of hydrogen-bond donors (Lipinski definition) is 3. The van der Waals surface area contributed by atoms with Crippen LogP contribution in [0.2, 0.25) is 0 Å². The number of benzene rings is 1. The third kappa shape index (κ3) is 3.67. The Kier molecular flexibility index (Phi) is 4.33. The molecule has 0 spiro atoms. The van der Waals surface area contributed by atoms with Crippen molar-refractivity contribution in [2.24, 2.45) is 0 Å². The summed E-state index contributed by atoms with van der Waals surface area (Å²) in [6.45, 7) is 0.00478. The normalized spacial score (nSPS) is 9.71. The Labute approximate surface area is 97.8 Å². The molecule has 1 aromatic rings. The molecule has 1 aromatic carbocycles. The van der Waals surface area contributed by atoms with E-state index in [0.29, 0.717) is 5.75 Å². The van der Waals surface area contributed by atoms with Crippen LogP contribution in [0, 0.1) is 0 Å². The number of nitrogens with one attached hydrogen (secondary N) is 1. The summed E-state index contributed by atoms with van der Waals surface area (Å²) in [7, 11) is 1.44. The number of ether oxygens (including phenoxy) is 1. The van der Waals surface area contributed by atoms with E-state index in [9.17, 15) is 14.7 Å². The van der Waals surface area contributed by atoms with Crippen molar-refractivity contribution < 1.29 is 24.5 Å². The maximum atomic E-state index is 11.6. The first kappa shape index (κ1) is 12.8. The largest absolute Gasteiger partial charge is 0.507 e. The molecule has 1 rings (SSSR count). The molecule has 0 radical (unpaired) electrons. The van der Waals surface area contributed by atoms with Gasteiger partial charge in [-0.1, -0.05) is 0 Å². The van der Waals surface area contributed by atoms with Gasteiger partial charge in [-0.05, 0) is 18.2 Å².